The summed E-state index contributed by atoms with van der Waals surface area (Å²) in [5.41, 5.74) is 1.74. The number of fused-ring (bicyclic) bond motifs is 1. The third-order valence-corrected chi connectivity index (χ3v) is 4.06. The fourth-order valence-electron chi connectivity index (χ4n) is 2.70. The van der Waals surface area contributed by atoms with Gasteiger partial charge in [-0.2, -0.15) is 0 Å². The normalized spacial score (nSPS) is 17.4. The van der Waals surface area contributed by atoms with Gasteiger partial charge in [0.15, 0.2) is 0 Å². The van der Waals surface area contributed by atoms with Crippen LogP contribution in [0.2, 0.25) is 0 Å². The summed E-state index contributed by atoms with van der Waals surface area (Å²) in [6.45, 7) is 6.75. The summed E-state index contributed by atoms with van der Waals surface area (Å²) in [6.07, 6.45) is 2.50. The molecule has 5 heteroatoms. The van der Waals surface area contributed by atoms with Gasteiger partial charge in [-0.25, -0.2) is 4.98 Å². The Morgan fingerprint density at radius 1 is 1.15 bits per heavy atom. The average Bonchev–Trinajstić information content (AvgIpc) is 2.53. The molecule has 2 heterocycles. The number of nitrogens with one attached hydrogen (secondary N) is 1. The number of likely N-dealkylation sites (tertiary alicyclic amines) is 1. The minimum atomic E-state index is 0.640. The van der Waals surface area contributed by atoms with Crippen LogP contribution in [0, 0.1) is 5.92 Å². The highest BCUT2D eigenvalue weighted by atomic mass is 15.2. The predicted molar refractivity (Wildman–Crippen MR) is 80.7 cm³/mol. The Kier molecular flexibility index (Phi) is 4.06. The number of benzene rings is 1. The van der Waals surface area contributed by atoms with E-state index >= 15 is 0 Å². The Hall–Kier alpha value is -1.75. The zero-order chi connectivity index (χ0) is 13.8. The molecular formula is C15H21N5. The van der Waals surface area contributed by atoms with Crippen molar-refractivity contribution >= 4 is 17.0 Å². The van der Waals surface area contributed by atoms with E-state index in [0.717, 1.165) is 24.1 Å². The largest absolute Gasteiger partial charge is 0.353 e. The molecule has 1 aromatic carbocycles. The van der Waals surface area contributed by atoms with Crippen molar-refractivity contribution in [2.45, 2.75) is 19.8 Å². The Morgan fingerprint density at radius 2 is 1.90 bits per heavy atom. The molecule has 1 aliphatic rings. The van der Waals surface area contributed by atoms with Crippen LogP contribution in [-0.4, -0.2) is 46.3 Å². The summed E-state index contributed by atoms with van der Waals surface area (Å²) in [7, 11) is 0. The van der Waals surface area contributed by atoms with Crippen molar-refractivity contribution in [3.63, 3.8) is 0 Å². The summed E-state index contributed by atoms with van der Waals surface area (Å²) in [5.74, 6) is 1.36. The molecule has 20 heavy (non-hydrogen) atoms. The molecule has 0 atom stereocenters. The highest BCUT2D eigenvalue weighted by Crippen LogP contribution is 2.17. The van der Waals surface area contributed by atoms with E-state index in [-0.39, 0.29) is 0 Å². The Morgan fingerprint density at radius 3 is 2.65 bits per heavy atom. The van der Waals surface area contributed by atoms with E-state index in [1.165, 1.54) is 25.9 Å². The molecule has 2 aromatic rings. The first-order chi connectivity index (χ1) is 9.85. The van der Waals surface area contributed by atoms with Crippen molar-refractivity contribution in [3.8, 4) is 0 Å². The second-order valence-electron chi connectivity index (χ2n) is 5.38. The van der Waals surface area contributed by atoms with Gasteiger partial charge in [-0.1, -0.05) is 19.1 Å². The van der Waals surface area contributed by atoms with Gasteiger partial charge in [-0.15, -0.1) is 10.2 Å². The lowest BCUT2D eigenvalue weighted by Crippen LogP contribution is -2.35. The SMILES string of the molecule is CCN1CCC(CNc2nnc3ccccc3n2)CC1. The van der Waals surface area contributed by atoms with Crippen LogP contribution in [-0.2, 0) is 0 Å². The monoisotopic (exact) mass is 271 g/mol. The number of anilines is 1. The van der Waals surface area contributed by atoms with Crippen LogP contribution in [0.4, 0.5) is 5.95 Å². The quantitative estimate of drug-likeness (QED) is 0.923. The van der Waals surface area contributed by atoms with E-state index in [1.807, 2.05) is 24.3 Å². The fourth-order valence-corrected chi connectivity index (χ4v) is 2.70. The molecule has 1 aromatic heterocycles. The number of hydrogen-bond donors (Lipinski definition) is 1. The third kappa shape index (κ3) is 3.04. The number of rotatable bonds is 4. The molecule has 1 saturated heterocycles. The van der Waals surface area contributed by atoms with Gasteiger partial charge in [-0.3, -0.25) is 0 Å². The Labute approximate surface area is 119 Å². The van der Waals surface area contributed by atoms with Crippen LogP contribution < -0.4 is 5.32 Å². The van der Waals surface area contributed by atoms with E-state index in [2.05, 4.69) is 32.3 Å². The van der Waals surface area contributed by atoms with Crippen LogP contribution in [0.25, 0.3) is 11.0 Å². The van der Waals surface area contributed by atoms with E-state index in [4.69, 9.17) is 0 Å². The van der Waals surface area contributed by atoms with Crippen molar-refractivity contribution in [2.24, 2.45) is 5.92 Å². The maximum atomic E-state index is 4.50. The molecule has 106 valence electrons. The smallest absolute Gasteiger partial charge is 0.243 e. The lowest BCUT2D eigenvalue weighted by Gasteiger charge is -2.30. The standard InChI is InChI=1S/C15H21N5/c1-2-20-9-7-12(8-10-20)11-16-15-17-13-5-3-4-6-14(13)18-19-15/h3-6,12H,2,7-11H2,1H3,(H,16,17,19). The van der Waals surface area contributed by atoms with Gasteiger partial charge in [-0.05, 0) is 50.5 Å². The number of nitrogens with zero attached hydrogens (tertiary/aromatic N) is 4. The molecule has 0 spiro atoms. The number of para-hydroxylation sites is 1. The molecule has 3 rings (SSSR count). The van der Waals surface area contributed by atoms with Crippen LogP contribution in [0.3, 0.4) is 0 Å². The topological polar surface area (TPSA) is 53.9 Å². The van der Waals surface area contributed by atoms with Gasteiger partial charge in [0.05, 0.1) is 5.52 Å². The predicted octanol–water partition coefficient (Wildman–Crippen LogP) is 2.17. The molecule has 0 radical (unpaired) electrons. The molecule has 1 aliphatic heterocycles. The summed E-state index contributed by atoms with van der Waals surface area (Å²) in [5, 5.41) is 11.7. The van der Waals surface area contributed by atoms with Gasteiger partial charge in [0, 0.05) is 6.54 Å². The first-order valence-corrected chi connectivity index (χ1v) is 7.41. The van der Waals surface area contributed by atoms with E-state index in [0.29, 0.717) is 11.9 Å². The number of aromatic nitrogens is 3. The van der Waals surface area contributed by atoms with Gasteiger partial charge in [0.1, 0.15) is 5.52 Å². The second-order valence-corrected chi connectivity index (χ2v) is 5.38. The summed E-state index contributed by atoms with van der Waals surface area (Å²) < 4.78 is 0. The minimum absolute atomic E-state index is 0.640. The van der Waals surface area contributed by atoms with Crippen molar-refractivity contribution in [2.75, 3.05) is 31.5 Å². The molecule has 0 aliphatic carbocycles. The molecule has 5 nitrogen and oxygen atoms in total. The molecule has 1 fully saturated rings. The van der Waals surface area contributed by atoms with Crippen LogP contribution in [0.15, 0.2) is 24.3 Å². The van der Waals surface area contributed by atoms with Crippen LogP contribution in [0.1, 0.15) is 19.8 Å². The zero-order valence-electron chi connectivity index (χ0n) is 11.9. The van der Waals surface area contributed by atoms with Gasteiger partial charge < -0.3 is 10.2 Å². The number of hydrogen-bond acceptors (Lipinski definition) is 5. The van der Waals surface area contributed by atoms with Crippen molar-refractivity contribution < 1.29 is 0 Å². The maximum Gasteiger partial charge on any atom is 0.243 e. The Bertz CT molecular complexity index is 563. The molecule has 0 bridgehead atoms. The highest BCUT2D eigenvalue weighted by molar-refractivity contribution is 5.73. The van der Waals surface area contributed by atoms with E-state index in [1.54, 1.807) is 0 Å². The van der Waals surface area contributed by atoms with Crippen molar-refractivity contribution in [1.82, 2.24) is 20.1 Å². The molecule has 0 saturated carbocycles. The summed E-state index contributed by atoms with van der Waals surface area (Å²) in [6, 6.07) is 7.82. The average molecular weight is 271 g/mol. The van der Waals surface area contributed by atoms with Gasteiger partial charge in [0.2, 0.25) is 5.95 Å². The molecule has 0 amide bonds. The molecule has 1 N–H and O–H groups in total. The summed E-state index contributed by atoms with van der Waals surface area (Å²) >= 11 is 0. The Balaban J connectivity index is 1.57. The lowest BCUT2D eigenvalue weighted by atomic mass is 9.97. The van der Waals surface area contributed by atoms with Crippen molar-refractivity contribution in [1.29, 1.82) is 0 Å². The zero-order valence-corrected chi connectivity index (χ0v) is 11.9. The lowest BCUT2D eigenvalue weighted by molar-refractivity contribution is 0.198. The summed E-state index contributed by atoms with van der Waals surface area (Å²) in [4.78, 5) is 7.00. The first-order valence-electron chi connectivity index (χ1n) is 7.41. The number of piperidine rings is 1. The fraction of sp³-hybridized carbons (Fsp3) is 0.533. The van der Waals surface area contributed by atoms with Gasteiger partial charge >= 0.3 is 0 Å². The second kappa shape index (κ2) is 6.13. The van der Waals surface area contributed by atoms with E-state index in [9.17, 15) is 0 Å². The maximum absolute atomic E-state index is 4.50. The first kappa shape index (κ1) is 13.2. The molecular weight excluding hydrogens is 250 g/mol. The molecule has 0 unspecified atom stereocenters. The van der Waals surface area contributed by atoms with E-state index < -0.39 is 0 Å². The van der Waals surface area contributed by atoms with Crippen LogP contribution >= 0.6 is 0 Å². The van der Waals surface area contributed by atoms with Gasteiger partial charge in [0.25, 0.3) is 0 Å². The van der Waals surface area contributed by atoms with Crippen molar-refractivity contribution in [3.05, 3.63) is 24.3 Å². The minimum Gasteiger partial charge on any atom is -0.353 e. The highest BCUT2D eigenvalue weighted by Gasteiger charge is 2.18. The van der Waals surface area contributed by atoms with Crippen LogP contribution in [0.5, 0.6) is 0 Å². The third-order valence-electron chi connectivity index (χ3n) is 4.06.